The molecule has 3 heteroatoms. The standard InChI is InChI=1S/C19H42Ge2O/c1-9-11-14-21(15-12-10-2)16-13-19(17(3)4,18(5)6)22-20(7)8/h17-18H,9-16H2,1-8H3. The molecule has 0 bridgehead atoms. The van der Waals surface area contributed by atoms with Crippen molar-refractivity contribution >= 4 is 29.0 Å². The second kappa shape index (κ2) is 12.4. The maximum absolute atomic E-state index is 6.71. The van der Waals surface area contributed by atoms with E-state index in [1.54, 1.807) is 10.5 Å². The molecule has 22 heavy (non-hydrogen) atoms. The van der Waals surface area contributed by atoms with E-state index in [1.165, 1.54) is 37.4 Å². The van der Waals surface area contributed by atoms with E-state index in [-0.39, 0.29) is 5.60 Å². The number of hydrogen-bond donors (Lipinski definition) is 0. The van der Waals surface area contributed by atoms with Crippen LogP contribution in [0.3, 0.4) is 0 Å². The fourth-order valence-corrected chi connectivity index (χ4v) is 13.0. The molecule has 0 saturated carbocycles. The first-order valence-electron chi connectivity index (χ1n) is 9.62. The molecule has 0 rings (SSSR count). The Bertz CT molecular complexity index is 248. The van der Waals surface area contributed by atoms with Crippen LogP contribution in [0.5, 0.6) is 0 Å². The van der Waals surface area contributed by atoms with Crippen LogP contribution in [0.4, 0.5) is 0 Å². The first kappa shape index (κ1) is 23.0. The normalized spacial score (nSPS) is 13.1. The van der Waals surface area contributed by atoms with Crippen LogP contribution in [0.25, 0.3) is 0 Å². The minimum absolute atomic E-state index is 0.162. The van der Waals surface area contributed by atoms with Crippen molar-refractivity contribution in [3.05, 3.63) is 0 Å². The van der Waals surface area contributed by atoms with Gasteiger partial charge in [0.05, 0.1) is 0 Å². The molecule has 0 aliphatic rings. The van der Waals surface area contributed by atoms with Gasteiger partial charge in [0.2, 0.25) is 0 Å². The molecule has 0 amide bonds. The molecule has 0 heterocycles. The van der Waals surface area contributed by atoms with Crippen LogP contribution in [0, 0.1) is 11.8 Å². The number of rotatable bonds is 13. The third-order valence-electron chi connectivity index (χ3n) is 4.99. The Hall–Kier alpha value is 1.05. The summed E-state index contributed by atoms with van der Waals surface area (Å²) in [6.07, 6.45) is 7.02. The molecule has 132 valence electrons. The molecule has 0 unspecified atom stereocenters. The molecule has 0 aromatic carbocycles. The summed E-state index contributed by atoms with van der Waals surface area (Å²) in [7, 11) is 0. The molecule has 2 radical (unpaired) electrons. The second-order valence-electron chi connectivity index (χ2n) is 7.73. The van der Waals surface area contributed by atoms with Crippen LogP contribution in [-0.4, -0.2) is 34.6 Å². The van der Waals surface area contributed by atoms with Crippen LogP contribution in [0.2, 0.25) is 27.3 Å². The van der Waals surface area contributed by atoms with Crippen LogP contribution in [0.15, 0.2) is 0 Å². The minimum atomic E-state index is -1.26. The zero-order valence-electron chi connectivity index (χ0n) is 16.7. The van der Waals surface area contributed by atoms with Gasteiger partial charge in [-0.3, -0.25) is 0 Å². The Labute approximate surface area is 150 Å². The average molecular weight is 432 g/mol. The van der Waals surface area contributed by atoms with Crippen LogP contribution >= 0.6 is 0 Å². The van der Waals surface area contributed by atoms with E-state index in [4.69, 9.17) is 3.76 Å². The molecular formula is C19H42Ge2O. The third-order valence-corrected chi connectivity index (χ3v) is 13.1. The van der Waals surface area contributed by atoms with Gasteiger partial charge in [-0.05, 0) is 0 Å². The Balaban J connectivity index is 4.86. The van der Waals surface area contributed by atoms with E-state index >= 15 is 0 Å². The fraction of sp³-hybridized carbons (Fsp3) is 1.00. The number of hydrogen-bond acceptors (Lipinski definition) is 1. The van der Waals surface area contributed by atoms with E-state index in [0.717, 1.165) is 0 Å². The SMILES string of the molecule is CCC[CH2][Ge]([CH2]CCC)[CH2]CC([O][Ge]([CH3])[CH3])(C(C)C)C(C)C. The third kappa shape index (κ3) is 8.24. The second-order valence-corrected chi connectivity index (χ2v) is 18.3. The summed E-state index contributed by atoms with van der Waals surface area (Å²) in [5.41, 5.74) is 0.162. The zero-order chi connectivity index (χ0) is 17.2. The molecule has 0 atom stereocenters. The van der Waals surface area contributed by atoms with Gasteiger partial charge in [-0.25, -0.2) is 0 Å². The molecule has 0 saturated heterocycles. The summed E-state index contributed by atoms with van der Waals surface area (Å²) in [4.78, 5) is 0. The molecular weight excluding hydrogens is 389 g/mol. The zero-order valence-corrected chi connectivity index (χ0v) is 20.9. The van der Waals surface area contributed by atoms with Gasteiger partial charge in [0.25, 0.3) is 0 Å². The molecule has 0 aromatic rings. The quantitative estimate of drug-likeness (QED) is 0.292. The van der Waals surface area contributed by atoms with E-state index in [0.29, 0.717) is 11.8 Å². The van der Waals surface area contributed by atoms with Gasteiger partial charge in [0, 0.05) is 0 Å². The Morgan fingerprint density at radius 3 is 1.59 bits per heavy atom. The molecule has 0 spiro atoms. The van der Waals surface area contributed by atoms with E-state index in [1.807, 2.05) is 0 Å². The molecule has 1 nitrogen and oxygen atoms in total. The van der Waals surface area contributed by atoms with Crippen LogP contribution in [0.1, 0.15) is 73.6 Å². The van der Waals surface area contributed by atoms with Crippen molar-refractivity contribution in [2.45, 2.75) is 107 Å². The molecule has 0 fully saturated rings. The van der Waals surface area contributed by atoms with Crippen LogP contribution in [-0.2, 0) is 3.76 Å². The van der Waals surface area contributed by atoms with Gasteiger partial charge in [0.15, 0.2) is 0 Å². The summed E-state index contributed by atoms with van der Waals surface area (Å²) >= 11 is -2.12. The van der Waals surface area contributed by atoms with Crippen molar-refractivity contribution in [3.8, 4) is 0 Å². The van der Waals surface area contributed by atoms with Gasteiger partial charge in [-0.2, -0.15) is 0 Å². The summed E-state index contributed by atoms with van der Waals surface area (Å²) in [5.74, 6) is 6.02. The summed E-state index contributed by atoms with van der Waals surface area (Å²) in [6, 6.07) is 0. The van der Waals surface area contributed by atoms with Gasteiger partial charge < -0.3 is 0 Å². The van der Waals surface area contributed by atoms with Crippen molar-refractivity contribution in [2.75, 3.05) is 0 Å². The monoisotopic (exact) mass is 434 g/mol. The summed E-state index contributed by atoms with van der Waals surface area (Å²) in [6.45, 7) is 14.2. The fourth-order valence-electron chi connectivity index (χ4n) is 3.51. The molecule has 0 aliphatic heterocycles. The van der Waals surface area contributed by atoms with E-state index in [2.05, 4.69) is 53.1 Å². The van der Waals surface area contributed by atoms with Gasteiger partial charge in [0.1, 0.15) is 0 Å². The topological polar surface area (TPSA) is 9.23 Å². The average Bonchev–Trinajstić information content (AvgIpc) is 2.43. The molecule has 0 N–H and O–H groups in total. The predicted octanol–water partition coefficient (Wildman–Crippen LogP) is 6.79. The van der Waals surface area contributed by atoms with E-state index in [9.17, 15) is 0 Å². The van der Waals surface area contributed by atoms with Crippen LogP contribution < -0.4 is 0 Å². The summed E-state index contributed by atoms with van der Waals surface area (Å²) in [5, 5.41) is 4.70. The maximum atomic E-state index is 6.71. The number of unbranched alkanes of at least 4 members (excludes halogenated alkanes) is 2. The Morgan fingerprint density at radius 1 is 0.818 bits per heavy atom. The van der Waals surface area contributed by atoms with Crippen molar-refractivity contribution in [1.29, 1.82) is 0 Å². The van der Waals surface area contributed by atoms with Gasteiger partial charge >= 0.3 is 151 Å². The van der Waals surface area contributed by atoms with Crippen molar-refractivity contribution < 1.29 is 3.76 Å². The first-order valence-corrected chi connectivity index (χ1v) is 19.1. The molecule has 0 aliphatic carbocycles. The van der Waals surface area contributed by atoms with Crippen molar-refractivity contribution in [3.63, 3.8) is 0 Å². The van der Waals surface area contributed by atoms with Crippen molar-refractivity contribution in [1.82, 2.24) is 0 Å². The Kier molecular flexibility index (Phi) is 13.0. The van der Waals surface area contributed by atoms with E-state index < -0.39 is 29.0 Å². The Morgan fingerprint density at radius 2 is 1.27 bits per heavy atom. The molecule has 0 aromatic heterocycles. The summed E-state index contributed by atoms with van der Waals surface area (Å²) < 4.78 is 6.71. The van der Waals surface area contributed by atoms with Crippen molar-refractivity contribution in [2.24, 2.45) is 11.8 Å². The van der Waals surface area contributed by atoms with Gasteiger partial charge in [-0.15, -0.1) is 0 Å². The first-order chi connectivity index (χ1) is 10.3. The van der Waals surface area contributed by atoms with Gasteiger partial charge in [-0.1, -0.05) is 0 Å². The predicted molar refractivity (Wildman–Crippen MR) is 106 cm³/mol.